The van der Waals surface area contributed by atoms with Gasteiger partial charge in [0.05, 0.1) is 45.6 Å². The number of nitrogens with zero attached hydrogens (tertiary/aromatic N) is 1. The molecule has 3 aromatic carbocycles. The zero-order valence-electron chi connectivity index (χ0n) is 32.0. The Kier molecular flexibility index (Phi) is 14.3. The van der Waals surface area contributed by atoms with Gasteiger partial charge in [-0.1, -0.05) is 74.2 Å². The molecule has 4 fully saturated rings. The summed E-state index contributed by atoms with van der Waals surface area (Å²) in [6.45, 7) is 8.32. The second-order valence-electron chi connectivity index (χ2n) is 16.5. The fraction of sp³-hybridized carbons (Fsp3) is 0.600. The van der Waals surface area contributed by atoms with Crippen LogP contribution in [-0.4, -0.2) is 83.0 Å². The number of rotatable bonds is 21. The van der Waals surface area contributed by atoms with Gasteiger partial charge in [0.15, 0.2) is 0 Å². The first-order chi connectivity index (χ1) is 25.8. The van der Waals surface area contributed by atoms with E-state index in [0.29, 0.717) is 36.1 Å². The highest BCUT2D eigenvalue weighted by Gasteiger charge is 2.48. The van der Waals surface area contributed by atoms with Crippen molar-refractivity contribution >= 4 is 0 Å². The van der Waals surface area contributed by atoms with Gasteiger partial charge in [-0.05, 0) is 92.3 Å². The molecule has 3 saturated heterocycles. The van der Waals surface area contributed by atoms with Gasteiger partial charge in [-0.15, -0.1) is 0 Å². The number of aliphatic hydroxyl groups is 3. The molecule has 0 spiro atoms. The molecule has 8 nitrogen and oxygen atoms in total. The first kappa shape index (κ1) is 39.7. The van der Waals surface area contributed by atoms with Gasteiger partial charge in [0, 0.05) is 36.9 Å². The lowest BCUT2D eigenvalue weighted by molar-refractivity contribution is -0.946. The van der Waals surface area contributed by atoms with Crippen molar-refractivity contribution in [1.82, 2.24) is 5.32 Å². The van der Waals surface area contributed by atoms with Crippen molar-refractivity contribution < 1.29 is 34.4 Å². The third-order valence-corrected chi connectivity index (χ3v) is 12.7. The second kappa shape index (κ2) is 19.1. The summed E-state index contributed by atoms with van der Waals surface area (Å²) in [6.07, 6.45) is 13.5. The largest absolute Gasteiger partial charge is 0.508 e. The molecule has 1 saturated carbocycles. The maximum atomic E-state index is 12.0. The van der Waals surface area contributed by atoms with Crippen molar-refractivity contribution in [3.05, 3.63) is 95.1 Å². The number of aliphatic hydroxyl groups excluding tert-OH is 2. The summed E-state index contributed by atoms with van der Waals surface area (Å²) < 4.78 is 14.0. The van der Waals surface area contributed by atoms with Crippen molar-refractivity contribution in [2.45, 2.75) is 114 Å². The number of benzene rings is 3. The zero-order valence-corrected chi connectivity index (χ0v) is 32.0. The van der Waals surface area contributed by atoms with E-state index in [-0.39, 0.29) is 24.5 Å². The van der Waals surface area contributed by atoms with Crippen molar-refractivity contribution in [1.29, 1.82) is 0 Å². The summed E-state index contributed by atoms with van der Waals surface area (Å²) in [5.74, 6) is 1.87. The highest BCUT2D eigenvalue weighted by atomic mass is 16.5. The minimum Gasteiger partial charge on any atom is -0.508 e. The minimum atomic E-state index is -0.880. The van der Waals surface area contributed by atoms with Crippen LogP contribution in [0, 0.1) is 11.8 Å². The van der Waals surface area contributed by atoms with Crippen LogP contribution in [0.4, 0.5) is 0 Å². The maximum Gasteiger partial charge on any atom is 0.121 e. The predicted octanol–water partition coefficient (Wildman–Crippen LogP) is 7.17. The van der Waals surface area contributed by atoms with E-state index in [9.17, 15) is 20.4 Å². The van der Waals surface area contributed by atoms with E-state index in [2.05, 4.69) is 36.5 Å². The average molecular weight is 730 g/mol. The molecule has 4 atom stereocenters. The lowest BCUT2D eigenvalue weighted by Gasteiger charge is -2.53. The number of piperidine rings is 3. The van der Waals surface area contributed by atoms with Crippen molar-refractivity contribution in [3.8, 4) is 11.5 Å². The van der Waals surface area contributed by atoms with E-state index < -0.39 is 11.7 Å². The van der Waals surface area contributed by atoms with Gasteiger partial charge in [0.1, 0.15) is 29.7 Å². The number of nitrogens with one attached hydrogen (secondary N) is 1. The third kappa shape index (κ3) is 10.6. The van der Waals surface area contributed by atoms with Crippen molar-refractivity contribution in [3.63, 3.8) is 0 Å². The number of hydrogen-bond donors (Lipinski definition) is 5. The molecular formula is C45H65N2O6+. The Balaban J connectivity index is 0.842. The van der Waals surface area contributed by atoms with E-state index in [1.807, 2.05) is 30.3 Å². The van der Waals surface area contributed by atoms with Crippen LogP contribution in [0.25, 0.3) is 0 Å². The van der Waals surface area contributed by atoms with E-state index in [0.717, 1.165) is 50.1 Å². The Hall–Kier alpha value is -2.98. The fourth-order valence-electron chi connectivity index (χ4n) is 9.31. The van der Waals surface area contributed by atoms with Crippen LogP contribution in [0.3, 0.4) is 0 Å². The normalized spacial score (nSPS) is 23.8. The third-order valence-electron chi connectivity index (χ3n) is 12.7. The molecule has 7 rings (SSSR count). The molecule has 2 bridgehead atoms. The number of quaternary nitrogens is 1. The van der Waals surface area contributed by atoms with E-state index in [4.69, 9.17) is 9.47 Å². The lowest BCUT2D eigenvalue weighted by Crippen LogP contribution is -2.64. The predicted molar refractivity (Wildman–Crippen MR) is 210 cm³/mol. The van der Waals surface area contributed by atoms with Crippen LogP contribution in [0.15, 0.2) is 72.8 Å². The van der Waals surface area contributed by atoms with Crippen LogP contribution in [0.2, 0.25) is 0 Å². The van der Waals surface area contributed by atoms with E-state index in [1.54, 1.807) is 12.1 Å². The summed E-state index contributed by atoms with van der Waals surface area (Å²) in [4.78, 5) is 0. The number of unbranched alkanes of at least 4 members (excludes halogenated alkanes) is 4. The molecular weight excluding hydrogens is 665 g/mol. The smallest absolute Gasteiger partial charge is 0.121 e. The monoisotopic (exact) mass is 729 g/mol. The summed E-state index contributed by atoms with van der Waals surface area (Å²) >= 11 is 0. The number of aromatic hydroxyl groups is 1. The highest BCUT2D eigenvalue weighted by Crippen LogP contribution is 2.43. The summed E-state index contributed by atoms with van der Waals surface area (Å²) in [6, 6.07) is 23.6. The quantitative estimate of drug-likeness (QED) is 0.0584. The molecule has 0 amide bonds. The molecule has 3 aliphatic heterocycles. The first-order valence-corrected chi connectivity index (χ1v) is 20.6. The Morgan fingerprint density at radius 1 is 0.887 bits per heavy atom. The Morgan fingerprint density at radius 2 is 1.60 bits per heavy atom. The number of phenols is 1. The van der Waals surface area contributed by atoms with Gasteiger partial charge < -0.3 is 39.7 Å². The summed E-state index contributed by atoms with van der Waals surface area (Å²) in [5, 5.41) is 45.1. The Bertz CT molecular complexity index is 1520. The molecule has 0 unspecified atom stereocenters. The lowest BCUT2D eigenvalue weighted by atomic mass is 9.80. The van der Waals surface area contributed by atoms with Crippen LogP contribution in [0.1, 0.15) is 106 Å². The summed E-state index contributed by atoms with van der Waals surface area (Å²) in [5.41, 5.74) is 2.44. The van der Waals surface area contributed by atoms with Gasteiger partial charge in [0.25, 0.3) is 0 Å². The van der Waals surface area contributed by atoms with E-state index >= 15 is 0 Å². The van der Waals surface area contributed by atoms with Gasteiger partial charge >= 0.3 is 0 Å². The standard InChI is InChI=1S/C45H64N2O6/c1-34(46-30-43(50)37-18-21-42(49)38(29-37)32-48)28-35-16-19-41(20-17-35)52-27-11-4-2-3-10-24-47-25-22-36(23-26-47)44(31-47)53-33-45(51,40-14-8-9-15-40)39-12-6-5-7-13-39/h5-7,12-13,16-21,29,34,36,40,43-44,46,48,50-51H,2-4,8-11,14-15,22-28,30-33H2,1H3/p+1/t34-,36?,43-,44-,45+,47?/m0/s1. The molecule has 5 N–H and O–H groups in total. The number of hydrogen-bond acceptors (Lipinski definition) is 7. The zero-order chi connectivity index (χ0) is 37.1. The van der Waals surface area contributed by atoms with Gasteiger partial charge in [0.2, 0.25) is 0 Å². The fourth-order valence-corrected chi connectivity index (χ4v) is 9.31. The molecule has 8 heteroatoms. The first-order valence-electron chi connectivity index (χ1n) is 20.6. The van der Waals surface area contributed by atoms with E-state index in [1.165, 1.54) is 87.1 Å². The molecule has 3 aromatic rings. The molecule has 0 aromatic heterocycles. The Morgan fingerprint density at radius 3 is 2.34 bits per heavy atom. The molecule has 4 aliphatic rings. The molecule has 1 aliphatic carbocycles. The maximum absolute atomic E-state index is 12.0. The number of fused-ring (bicyclic) bond motifs is 3. The van der Waals surface area contributed by atoms with Crippen molar-refractivity contribution in [2.75, 3.05) is 45.9 Å². The topological polar surface area (TPSA) is 111 Å². The summed E-state index contributed by atoms with van der Waals surface area (Å²) in [7, 11) is 0. The molecule has 53 heavy (non-hydrogen) atoms. The van der Waals surface area contributed by atoms with Crippen LogP contribution >= 0.6 is 0 Å². The molecule has 3 heterocycles. The van der Waals surface area contributed by atoms with Crippen molar-refractivity contribution in [2.24, 2.45) is 11.8 Å². The van der Waals surface area contributed by atoms with Gasteiger partial charge in [-0.3, -0.25) is 0 Å². The number of ether oxygens (including phenoxy) is 2. The van der Waals surface area contributed by atoms with Gasteiger partial charge in [-0.25, -0.2) is 0 Å². The van der Waals surface area contributed by atoms with Crippen LogP contribution in [-0.2, 0) is 23.4 Å². The average Bonchev–Trinajstić information content (AvgIpc) is 3.75. The van der Waals surface area contributed by atoms with Crippen LogP contribution < -0.4 is 10.1 Å². The molecule has 290 valence electrons. The minimum absolute atomic E-state index is 0.0362. The van der Waals surface area contributed by atoms with Crippen LogP contribution in [0.5, 0.6) is 11.5 Å². The van der Waals surface area contributed by atoms with Gasteiger partial charge in [-0.2, -0.15) is 0 Å². The SMILES string of the molecule is C[C@@H](Cc1ccc(OCCCCCCC[N+]23CCC(CC2)[C@@H](OC[C@@](O)(c2ccccc2)C2CCCC2)C3)cc1)NC[C@H](O)c1ccc(O)c(CO)c1. The highest BCUT2D eigenvalue weighted by molar-refractivity contribution is 5.36. The second-order valence-corrected chi connectivity index (χ2v) is 16.5. The Labute approximate surface area is 317 Å². The molecule has 0 radical (unpaired) electrons.